The molecule has 2 aromatic rings. The number of anilines is 1. The van der Waals surface area contributed by atoms with Crippen LogP contribution in [0.1, 0.15) is 23.5 Å². The number of nitrogens with one attached hydrogen (secondary N) is 1. The minimum atomic E-state index is -1.04. The minimum Gasteiger partial charge on any atom is -0.482 e. The average molecular weight is 394 g/mol. The van der Waals surface area contributed by atoms with Gasteiger partial charge in [0.15, 0.2) is 6.61 Å². The van der Waals surface area contributed by atoms with Crippen LogP contribution in [0.25, 0.3) is 0 Å². The lowest BCUT2D eigenvalue weighted by atomic mass is 10.1. The summed E-state index contributed by atoms with van der Waals surface area (Å²) in [5.41, 5.74) is 2.44. The van der Waals surface area contributed by atoms with Crippen LogP contribution in [0.3, 0.4) is 0 Å². The molecule has 136 valence electrons. The maximum Gasteiger partial charge on any atom is 0.341 e. The lowest BCUT2D eigenvalue weighted by Crippen LogP contribution is -2.15. The molecule has 1 aliphatic rings. The van der Waals surface area contributed by atoms with Crippen molar-refractivity contribution in [1.82, 2.24) is 0 Å². The third kappa shape index (κ3) is 4.48. The van der Waals surface area contributed by atoms with E-state index in [-0.39, 0.29) is 17.7 Å². The van der Waals surface area contributed by atoms with Crippen molar-refractivity contribution in [1.29, 1.82) is 0 Å². The number of carbonyl (C=O) groups is 2. The van der Waals surface area contributed by atoms with E-state index in [9.17, 15) is 9.59 Å². The van der Waals surface area contributed by atoms with Gasteiger partial charge in [0, 0.05) is 21.7 Å². The highest BCUT2D eigenvalue weighted by atomic mass is 35.5. The van der Waals surface area contributed by atoms with Gasteiger partial charge in [-0.2, -0.15) is 0 Å². The third-order valence-corrected chi connectivity index (χ3v) is 4.69. The van der Waals surface area contributed by atoms with Gasteiger partial charge >= 0.3 is 5.97 Å². The van der Waals surface area contributed by atoms with Crippen LogP contribution < -0.4 is 10.1 Å². The largest absolute Gasteiger partial charge is 0.482 e. The van der Waals surface area contributed by atoms with Crippen molar-refractivity contribution in [2.75, 3.05) is 11.9 Å². The molecule has 7 heteroatoms. The van der Waals surface area contributed by atoms with Gasteiger partial charge in [-0.1, -0.05) is 23.2 Å². The molecule has 2 aromatic carbocycles. The normalized spacial score (nSPS) is 18.3. The number of amides is 1. The van der Waals surface area contributed by atoms with E-state index < -0.39 is 12.6 Å². The first-order valence-electron chi connectivity index (χ1n) is 8.05. The Balaban J connectivity index is 1.63. The molecule has 1 aliphatic carbocycles. The van der Waals surface area contributed by atoms with Gasteiger partial charge in [0.2, 0.25) is 5.91 Å². The summed E-state index contributed by atoms with van der Waals surface area (Å²) in [7, 11) is 0. The fraction of sp³-hybridized carbons (Fsp3) is 0.263. The predicted octanol–water partition coefficient (Wildman–Crippen LogP) is 4.51. The van der Waals surface area contributed by atoms with Crippen LogP contribution in [0.2, 0.25) is 10.0 Å². The van der Waals surface area contributed by atoms with Crippen LogP contribution in [-0.2, 0) is 9.59 Å². The lowest BCUT2D eigenvalue weighted by Gasteiger charge is -2.11. The summed E-state index contributed by atoms with van der Waals surface area (Å²) in [6, 6.07) is 10.4. The maximum absolute atomic E-state index is 12.5. The smallest absolute Gasteiger partial charge is 0.341 e. The number of hydrogen-bond acceptors (Lipinski definition) is 3. The zero-order valence-electron chi connectivity index (χ0n) is 14.0. The number of carboxylic acid groups (broad SMARTS) is 1. The number of benzene rings is 2. The van der Waals surface area contributed by atoms with E-state index in [0.29, 0.717) is 21.5 Å². The highest BCUT2D eigenvalue weighted by Crippen LogP contribution is 2.49. The van der Waals surface area contributed by atoms with Gasteiger partial charge in [-0.25, -0.2) is 4.79 Å². The van der Waals surface area contributed by atoms with Crippen molar-refractivity contribution in [2.45, 2.75) is 19.3 Å². The summed E-state index contributed by atoms with van der Waals surface area (Å²) in [4.78, 5) is 23.0. The topological polar surface area (TPSA) is 75.6 Å². The second-order valence-electron chi connectivity index (χ2n) is 6.30. The number of ether oxygens (including phenoxy) is 1. The predicted molar refractivity (Wildman–Crippen MR) is 100 cm³/mol. The Bertz CT molecular complexity index is 848. The molecule has 0 aromatic heterocycles. The Hall–Kier alpha value is -2.24. The standard InChI is InChI=1S/C19H17Cl2NO4/c1-10-4-14(26-9-18(23)24)2-3-17(10)22-19(25)16-8-15(16)11-5-12(20)7-13(21)6-11/h2-7,15-16H,8-9H2,1H3,(H,22,25)(H,23,24). The SMILES string of the molecule is Cc1cc(OCC(=O)O)ccc1NC(=O)C1CC1c1cc(Cl)cc(Cl)c1. The van der Waals surface area contributed by atoms with Crippen LogP contribution in [0.15, 0.2) is 36.4 Å². The third-order valence-electron chi connectivity index (χ3n) is 4.26. The first-order valence-corrected chi connectivity index (χ1v) is 8.81. The van der Waals surface area contributed by atoms with E-state index >= 15 is 0 Å². The summed E-state index contributed by atoms with van der Waals surface area (Å²) in [5.74, 6) is -0.661. The van der Waals surface area contributed by atoms with Gasteiger partial charge in [0.25, 0.3) is 0 Å². The molecule has 5 nitrogen and oxygen atoms in total. The van der Waals surface area contributed by atoms with Crippen LogP contribution in [-0.4, -0.2) is 23.6 Å². The molecule has 0 aliphatic heterocycles. The zero-order valence-corrected chi connectivity index (χ0v) is 15.5. The monoisotopic (exact) mass is 393 g/mol. The molecule has 0 radical (unpaired) electrons. The molecule has 26 heavy (non-hydrogen) atoms. The van der Waals surface area contributed by atoms with Crippen molar-refractivity contribution in [2.24, 2.45) is 5.92 Å². The number of aryl methyl sites for hydroxylation is 1. The quantitative estimate of drug-likeness (QED) is 0.756. The van der Waals surface area contributed by atoms with E-state index in [1.807, 2.05) is 19.1 Å². The Labute approximate surface area is 160 Å². The van der Waals surface area contributed by atoms with E-state index in [4.69, 9.17) is 33.0 Å². The van der Waals surface area contributed by atoms with Crippen molar-refractivity contribution in [3.8, 4) is 5.75 Å². The van der Waals surface area contributed by atoms with E-state index in [0.717, 1.165) is 17.5 Å². The van der Waals surface area contributed by atoms with Crippen molar-refractivity contribution >= 4 is 40.8 Å². The first kappa shape index (κ1) is 18.5. The number of carboxylic acids is 1. The summed E-state index contributed by atoms with van der Waals surface area (Å²) >= 11 is 12.1. The number of halogens is 2. The zero-order chi connectivity index (χ0) is 18.8. The summed E-state index contributed by atoms with van der Waals surface area (Å²) < 4.78 is 5.13. The van der Waals surface area contributed by atoms with E-state index in [1.165, 1.54) is 0 Å². The highest BCUT2D eigenvalue weighted by Gasteiger charge is 2.44. The molecule has 2 N–H and O–H groups in total. The Morgan fingerprint density at radius 3 is 2.50 bits per heavy atom. The number of carbonyl (C=O) groups excluding carboxylic acids is 1. The van der Waals surface area contributed by atoms with Crippen molar-refractivity contribution in [3.05, 3.63) is 57.6 Å². The number of rotatable bonds is 6. The van der Waals surface area contributed by atoms with Crippen LogP contribution in [0, 0.1) is 12.8 Å². The molecule has 0 heterocycles. The van der Waals surface area contributed by atoms with Crippen molar-refractivity contribution < 1.29 is 19.4 Å². The molecule has 2 unspecified atom stereocenters. The molecule has 1 amide bonds. The molecule has 0 bridgehead atoms. The first-order chi connectivity index (χ1) is 12.3. The maximum atomic E-state index is 12.5. The summed E-state index contributed by atoms with van der Waals surface area (Å²) in [6.07, 6.45) is 0.751. The molecule has 0 saturated heterocycles. The molecule has 2 atom stereocenters. The highest BCUT2D eigenvalue weighted by molar-refractivity contribution is 6.34. The van der Waals surface area contributed by atoms with Gasteiger partial charge in [-0.3, -0.25) is 4.79 Å². The molecular formula is C19H17Cl2NO4. The fourth-order valence-electron chi connectivity index (χ4n) is 2.88. The fourth-order valence-corrected chi connectivity index (χ4v) is 3.42. The van der Waals surface area contributed by atoms with E-state index in [2.05, 4.69) is 5.32 Å². The van der Waals surface area contributed by atoms with Gasteiger partial charge in [-0.15, -0.1) is 0 Å². The average Bonchev–Trinajstić information content (AvgIpc) is 3.35. The molecule has 1 saturated carbocycles. The van der Waals surface area contributed by atoms with Crippen LogP contribution in [0.5, 0.6) is 5.75 Å². The van der Waals surface area contributed by atoms with Crippen LogP contribution >= 0.6 is 23.2 Å². The van der Waals surface area contributed by atoms with E-state index in [1.54, 1.807) is 24.3 Å². The summed E-state index contributed by atoms with van der Waals surface area (Å²) in [5, 5.41) is 12.7. The summed E-state index contributed by atoms with van der Waals surface area (Å²) in [6.45, 7) is 1.42. The van der Waals surface area contributed by atoms with Gasteiger partial charge in [0.05, 0.1) is 0 Å². The molecular weight excluding hydrogens is 377 g/mol. The Morgan fingerprint density at radius 1 is 1.19 bits per heavy atom. The second-order valence-corrected chi connectivity index (χ2v) is 7.17. The minimum absolute atomic E-state index is 0.0617. The van der Waals surface area contributed by atoms with Gasteiger partial charge < -0.3 is 15.2 Å². The number of aliphatic carboxylic acids is 1. The second kappa shape index (κ2) is 7.56. The number of hydrogen-bond donors (Lipinski definition) is 2. The molecule has 0 spiro atoms. The Morgan fingerprint density at radius 2 is 1.88 bits per heavy atom. The molecule has 1 fully saturated rings. The Kier molecular flexibility index (Phi) is 5.39. The molecule has 3 rings (SSSR count). The van der Waals surface area contributed by atoms with Crippen LogP contribution in [0.4, 0.5) is 5.69 Å². The van der Waals surface area contributed by atoms with Crippen molar-refractivity contribution in [3.63, 3.8) is 0 Å². The lowest BCUT2D eigenvalue weighted by molar-refractivity contribution is -0.139. The van der Waals surface area contributed by atoms with Gasteiger partial charge in [-0.05, 0) is 66.8 Å². The van der Waals surface area contributed by atoms with Gasteiger partial charge in [0.1, 0.15) is 5.75 Å².